The number of quaternary nitrogens is 5. The van der Waals surface area contributed by atoms with Crippen LogP contribution in [-0.2, 0) is 85.3 Å². The first-order chi connectivity index (χ1) is 50.0. The third-order valence-corrected chi connectivity index (χ3v) is 18.8. The van der Waals surface area contributed by atoms with Gasteiger partial charge in [0.05, 0.1) is 172 Å². The van der Waals surface area contributed by atoms with Crippen LogP contribution in [-0.4, -0.2) is 548 Å². The summed E-state index contributed by atoms with van der Waals surface area (Å²) < 4.78 is 109. The summed E-state index contributed by atoms with van der Waals surface area (Å²) in [5, 5.41) is 206. The lowest BCUT2D eigenvalue weighted by atomic mass is 9.95. The number of ether oxygens (including phenoxy) is 18. The van der Waals surface area contributed by atoms with E-state index in [9.17, 15) is 91.9 Å². The molecule has 0 saturated carbocycles. The molecule has 0 radical (unpaired) electrons. The maximum Gasteiger partial charge on any atom is 0.214 e. The smallest absolute Gasteiger partial charge is 0.214 e. The van der Waals surface area contributed by atoms with Crippen molar-refractivity contribution < 1.29 is 200 Å². The lowest BCUT2D eigenvalue weighted by Gasteiger charge is -2.50. The molecule has 0 aromatic heterocycles. The zero-order valence-corrected chi connectivity index (χ0v) is 65.4. The maximum atomic E-state index is 12.3. The molecule has 6 aliphatic rings. The number of hydrogen-bond acceptors (Lipinski definition) is 36. The van der Waals surface area contributed by atoms with Crippen LogP contribution in [0.3, 0.4) is 0 Å². The Kier molecular flexibility index (Phi) is 36.6. The van der Waals surface area contributed by atoms with Gasteiger partial charge in [0, 0.05) is 14.2 Å². The zero-order valence-electron chi connectivity index (χ0n) is 65.4. The number of aliphatic hydroxyl groups excluding tert-OH is 18. The quantitative estimate of drug-likeness (QED) is 0.0199. The van der Waals surface area contributed by atoms with E-state index in [2.05, 4.69) is 0 Å². The Morgan fingerprint density at radius 1 is 0.259 bits per heavy atom. The molecule has 6 rings (SSSR count). The van der Waals surface area contributed by atoms with Gasteiger partial charge in [-0.3, -0.25) is 0 Å². The Morgan fingerprint density at radius 2 is 0.500 bits per heavy atom. The second kappa shape index (κ2) is 41.5. The van der Waals surface area contributed by atoms with Gasteiger partial charge in [0.15, 0.2) is 37.7 Å². The molecule has 35 atom stereocenters. The Labute approximate surface area is 631 Å². The van der Waals surface area contributed by atoms with Gasteiger partial charge in [0.2, 0.25) is 6.23 Å². The fourth-order valence-electron chi connectivity index (χ4n) is 13.3. The van der Waals surface area contributed by atoms with Crippen molar-refractivity contribution in [3.8, 4) is 0 Å². The van der Waals surface area contributed by atoms with E-state index in [0.717, 1.165) is 7.11 Å². The predicted molar refractivity (Wildman–Crippen MR) is 367 cm³/mol. The fourth-order valence-corrected chi connectivity index (χ4v) is 13.3. The molecule has 0 amide bonds. The normalized spacial score (nSPS) is 40.0. The van der Waals surface area contributed by atoms with Crippen LogP contribution in [0.2, 0.25) is 0 Å². The van der Waals surface area contributed by atoms with Gasteiger partial charge in [-0.05, 0) is 0 Å². The molecule has 6 saturated heterocycles. The van der Waals surface area contributed by atoms with Crippen molar-refractivity contribution in [2.24, 2.45) is 0 Å². The minimum Gasteiger partial charge on any atom is -0.387 e. The summed E-state index contributed by atoms with van der Waals surface area (Å²) in [5.41, 5.74) is 0. The van der Waals surface area contributed by atoms with E-state index in [0.29, 0.717) is 24.5 Å². The van der Waals surface area contributed by atoms with Gasteiger partial charge in [0.25, 0.3) is 0 Å². The van der Waals surface area contributed by atoms with Gasteiger partial charge in [-0.15, -0.1) is 0 Å². The molecule has 0 aromatic carbocycles. The monoisotopic (exact) mass is 1580 g/mol. The molecule has 18 N–H and O–H groups in total. The summed E-state index contributed by atoms with van der Waals surface area (Å²) in [4.78, 5) is 0. The van der Waals surface area contributed by atoms with Crippen LogP contribution in [0.25, 0.3) is 0 Å². The number of nitrogens with zero attached hydrogens (tertiary/aromatic N) is 5. The van der Waals surface area contributed by atoms with E-state index in [4.69, 9.17) is 85.3 Å². The molecular weight excluding hydrogens is 1450 g/mol. The van der Waals surface area contributed by atoms with Crippen molar-refractivity contribution in [1.29, 1.82) is 0 Å². The number of hydrogen-bond donors (Lipinski definition) is 18. The summed E-state index contributed by atoms with van der Waals surface area (Å²) in [7, 11) is 29.6. The van der Waals surface area contributed by atoms with Gasteiger partial charge in [-0.25, -0.2) is 0 Å². The van der Waals surface area contributed by atoms with Crippen LogP contribution < -0.4 is 0 Å². The molecule has 0 aromatic rings. The molecule has 41 nitrogen and oxygen atoms in total. The third-order valence-electron chi connectivity index (χ3n) is 18.8. The van der Waals surface area contributed by atoms with Crippen LogP contribution in [0.15, 0.2) is 0 Å². The summed E-state index contributed by atoms with van der Waals surface area (Å²) in [6.45, 7) is -3.60. The molecule has 6 fully saturated rings. The SMILES string of the molecule is COC1OC(COC2OC(COCC(O)[N+](C)(C)C)C(O)C(O)C2O)C(OC2OC(COCC(O)C[N+](C)(C)C)C(OC3OC(COCC(O)C[N+](C)(C)C)C(OC4OC(COCC(O)C[N+](C)(C)C)C(OC5OC(COCC(O)C[N+](C)(C)C)C(OC)C(O)C5O)C(O)C4O)C(O)C3O)C(O)C2O)C(O)C1O. The molecule has 0 bridgehead atoms. The van der Waals surface area contributed by atoms with Gasteiger partial charge >= 0.3 is 0 Å². The van der Waals surface area contributed by atoms with Crippen LogP contribution in [0.4, 0.5) is 0 Å². The van der Waals surface area contributed by atoms with Crippen molar-refractivity contribution in [2.45, 2.75) is 215 Å². The van der Waals surface area contributed by atoms with Crippen molar-refractivity contribution in [3.63, 3.8) is 0 Å². The first-order valence-corrected chi connectivity index (χ1v) is 36.4. The maximum absolute atomic E-state index is 12.3. The van der Waals surface area contributed by atoms with Crippen molar-refractivity contribution in [3.05, 3.63) is 0 Å². The Bertz CT molecular complexity index is 2560. The summed E-state index contributed by atoms with van der Waals surface area (Å²) >= 11 is 0. The van der Waals surface area contributed by atoms with Crippen molar-refractivity contribution >= 4 is 0 Å². The highest BCUT2D eigenvalue weighted by Gasteiger charge is 2.58. The second-order valence-corrected chi connectivity index (χ2v) is 34.1. The summed E-state index contributed by atoms with van der Waals surface area (Å²) in [6, 6.07) is 0. The molecule has 108 heavy (non-hydrogen) atoms. The molecule has 638 valence electrons. The Balaban J connectivity index is 1.27. The fraction of sp³-hybridized carbons (Fsp3) is 1.00. The zero-order chi connectivity index (χ0) is 81.0. The number of rotatable bonds is 42. The third kappa shape index (κ3) is 28.1. The molecule has 35 unspecified atom stereocenters. The highest BCUT2D eigenvalue weighted by molar-refractivity contribution is 5.00. The van der Waals surface area contributed by atoms with Crippen LogP contribution in [0.1, 0.15) is 0 Å². The summed E-state index contributed by atoms with van der Waals surface area (Å²) in [6.07, 6.45) is -59.4. The topological polar surface area (TPSA) is 530 Å². The molecular formula is C67H134N5O36+5. The average Bonchev–Trinajstić information content (AvgIpc) is 0.774. The second-order valence-electron chi connectivity index (χ2n) is 34.1. The minimum absolute atomic E-state index is 0.0983. The van der Waals surface area contributed by atoms with E-state index in [-0.39, 0.29) is 70.4 Å². The van der Waals surface area contributed by atoms with Gasteiger partial charge in [-0.2, -0.15) is 0 Å². The molecule has 6 aliphatic heterocycles. The standard InChI is InChI=1S/C67H134N5O36/c1-68(2,3)18-33(73)22-93-27-38-57(91-16)46(80)53(87)64(101-38)105-58-39(28-94-23-34(74)19-69(4,5)6)102-65(54(88)48(58)82)106-59-40(29-95-24-35(75)20-70(7,8)9)103-66(55(89)49(59)83)107-60-41(30-96-25-36(76)21-71(10,11)12)104-67(56(90)50(60)84)108-61-42(100-62(92-17)52(86)47(61)81)31-98-63-51(85)45(79)44(78)37(99-63)26-97-32-43(77)72(13,14)15/h33-67,73-90H,18-32H2,1-17H3/q+5. The number of likely N-dealkylation sites (N-methyl/N-ethyl adjacent to an activating group) is 5. The highest BCUT2D eigenvalue weighted by Crippen LogP contribution is 2.38. The average molecular weight is 1590 g/mol. The number of methoxy groups -OCH3 is 2. The van der Waals surface area contributed by atoms with Crippen molar-refractivity contribution in [2.75, 3.05) is 219 Å². The van der Waals surface area contributed by atoms with E-state index in [1.165, 1.54) is 7.11 Å². The summed E-state index contributed by atoms with van der Waals surface area (Å²) in [5.74, 6) is 0. The van der Waals surface area contributed by atoms with Crippen LogP contribution in [0, 0.1) is 0 Å². The first kappa shape index (κ1) is 95.2. The lowest BCUT2D eigenvalue weighted by Crippen LogP contribution is -2.68. The Morgan fingerprint density at radius 3 is 0.787 bits per heavy atom. The largest absolute Gasteiger partial charge is 0.387 e. The molecule has 0 aliphatic carbocycles. The number of aliphatic hydroxyl groups is 18. The lowest BCUT2D eigenvalue weighted by molar-refractivity contribution is -0.919. The first-order valence-electron chi connectivity index (χ1n) is 36.4. The van der Waals surface area contributed by atoms with Crippen molar-refractivity contribution in [1.82, 2.24) is 0 Å². The predicted octanol–water partition coefficient (Wildman–Crippen LogP) is -12.4. The van der Waals surface area contributed by atoms with Gasteiger partial charge in [0.1, 0.15) is 204 Å². The van der Waals surface area contributed by atoms with Crippen LogP contribution in [0.5, 0.6) is 0 Å². The molecule has 6 heterocycles. The van der Waals surface area contributed by atoms with E-state index < -0.39 is 241 Å². The Hall–Kier alpha value is -1.64. The van der Waals surface area contributed by atoms with E-state index in [1.54, 1.807) is 21.1 Å². The highest BCUT2D eigenvalue weighted by atomic mass is 16.8. The van der Waals surface area contributed by atoms with E-state index in [1.807, 2.05) is 84.6 Å². The van der Waals surface area contributed by atoms with Crippen LogP contribution >= 0.6 is 0 Å². The molecule has 0 spiro atoms. The van der Waals surface area contributed by atoms with E-state index >= 15 is 0 Å². The minimum atomic E-state index is -2.22. The van der Waals surface area contributed by atoms with Gasteiger partial charge < -0.3 is 200 Å². The van der Waals surface area contributed by atoms with Gasteiger partial charge in [-0.1, -0.05) is 0 Å². The molecule has 41 heteroatoms.